The molecule has 4 aliphatic heterocycles. The zero-order chi connectivity index (χ0) is 38.6. The summed E-state index contributed by atoms with van der Waals surface area (Å²) in [6.45, 7) is 14.5. The van der Waals surface area contributed by atoms with Gasteiger partial charge in [0.15, 0.2) is 24.5 Å². The number of rotatable bonds is 5. The Morgan fingerprint density at radius 2 is 1.50 bits per heavy atom. The van der Waals surface area contributed by atoms with Crippen molar-refractivity contribution < 1.29 is 63.5 Å². The molecule has 5 N–H and O–H groups in total. The number of allylic oxidation sites excluding steroid dienone is 1. The molecule has 4 aliphatic carbocycles. The van der Waals surface area contributed by atoms with E-state index in [1.807, 2.05) is 0 Å². The van der Waals surface area contributed by atoms with Gasteiger partial charge in [-0.25, -0.2) is 0 Å². The molecule has 22 unspecified atom stereocenters. The Hall–Kier alpha value is -1.23. The van der Waals surface area contributed by atoms with E-state index in [4.69, 9.17) is 33.2 Å². The minimum Gasteiger partial charge on any atom is -0.454 e. The van der Waals surface area contributed by atoms with Gasteiger partial charge in [0, 0.05) is 31.1 Å². The van der Waals surface area contributed by atoms with Gasteiger partial charge in [0.1, 0.15) is 30.5 Å². The van der Waals surface area contributed by atoms with E-state index in [2.05, 4.69) is 33.8 Å². The first-order valence-corrected chi connectivity index (χ1v) is 20.7. The summed E-state index contributed by atoms with van der Waals surface area (Å²) in [7, 11) is 0. The molecule has 4 saturated heterocycles. The monoisotopic (exact) mass is 764 g/mol. The molecule has 13 nitrogen and oxygen atoms in total. The topological polar surface area (TPSA) is 183 Å². The van der Waals surface area contributed by atoms with Crippen molar-refractivity contribution in [3.05, 3.63) is 11.6 Å². The summed E-state index contributed by atoms with van der Waals surface area (Å²) >= 11 is 0. The number of ether oxygens (including phenoxy) is 7. The number of carbonyl (C=O) groups is 1. The normalized spacial score (nSPS) is 57.0. The van der Waals surface area contributed by atoms with Crippen LogP contribution in [0.4, 0.5) is 0 Å². The third kappa shape index (κ3) is 6.17. The zero-order valence-corrected chi connectivity index (χ0v) is 32.9. The molecule has 4 heterocycles. The average molecular weight is 765 g/mol. The second-order valence-electron chi connectivity index (χ2n) is 18.9. The van der Waals surface area contributed by atoms with Crippen molar-refractivity contribution in [3.8, 4) is 0 Å². The number of aliphatic hydroxyl groups is 5. The molecule has 0 radical (unpaired) electrons. The van der Waals surface area contributed by atoms with Gasteiger partial charge in [0.25, 0.3) is 0 Å². The van der Waals surface area contributed by atoms with Crippen LogP contribution in [0.1, 0.15) is 99.8 Å². The minimum absolute atomic E-state index is 0.113. The molecule has 0 bridgehead atoms. The van der Waals surface area contributed by atoms with Gasteiger partial charge in [-0.2, -0.15) is 0 Å². The highest BCUT2D eigenvalue weighted by Gasteiger charge is 2.69. The summed E-state index contributed by atoms with van der Waals surface area (Å²) in [5.41, 5.74) is 0.843. The third-order valence-electron chi connectivity index (χ3n) is 15.9. The van der Waals surface area contributed by atoms with E-state index in [0.29, 0.717) is 42.4 Å². The first-order valence-electron chi connectivity index (χ1n) is 20.7. The van der Waals surface area contributed by atoms with Crippen LogP contribution in [0.2, 0.25) is 0 Å². The van der Waals surface area contributed by atoms with Gasteiger partial charge >= 0.3 is 5.97 Å². The van der Waals surface area contributed by atoms with Gasteiger partial charge in [0.2, 0.25) is 0 Å². The van der Waals surface area contributed by atoms with Crippen molar-refractivity contribution in [2.45, 2.75) is 185 Å². The van der Waals surface area contributed by atoms with E-state index < -0.39 is 90.8 Å². The van der Waals surface area contributed by atoms with Crippen molar-refractivity contribution in [2.75, 3.05) is 6.61 Å². The molecule has 8 aliphatic rings. The highest BCUT2D eigenvalue weighted by molar-refractivity contribution is 5.66. The van der Waals surface area contributed by atoms with E-state index in [0.717, 1.165) is 45.1 Å². The van der Waals surface area contributed by atoms with E-state index >= 15 is 0 Å². The Labute approximate surface area is 319 Å². The van der Waals surface area contributed by atoms with Crippen molar-refractivity contribution >= 4 is 5.97 Å². The number of hydrogen-bond donors (Lipinski definition) is 5. The van der Waals surface area contributed by atoms with E-state index in [-0.39, 0.29) is 17.4 Å². The van der Waals surface area contributed by atoms with Crippen LogP contribution >= 0.6 is 0 Å². The summed E-state index contributed by atoms with van der Waals surface area (Å²) in [5.74, 6) is 1.23. The molecular weight excluding hydrogens is 700 g/mol. The smallest absolute Gasteiger partial charge is 0.303 e. The average Bonchev–Trinajstić information content (AvgIpc) is 3.57. The summed E-state index contributed by atoms with van der Waals surface area (Å²) < 4.78 is 44.2. The lowest BCUT2D eigenvalue weighted by molar-refractivity contribution is -0.372. The standard InChI is InChI=1S/C41H64O13/c1-18-10-13-41(48-17-18)19(2)30-28(54-41)16-27-25-9-8-23-14-24(43)15-29(40(23,7)26(25)11-12-39(27,30)6)52-37-36(34(47)32(45)20(3)49-37)53-38-35(51-22(5)42)33(46)31(44)21(4)50-38/h8,18-21,24-38,43-47H,9-17H2,1-7H3. The Morgan fingerprint density at radius 3 is 2.15 bits per heavy atom. The van der Waals surface area contributed by atoms with Gasteiger partial charge in [-0.3, -0.25) is 4.79 Å². The van der Waals surface area contributed by atoms with Crippen LogP contribution in [0.15, 0.2) is 11.6 Å². The van der Waals surface area contributed by atoms with Crippen LogP contribution in [0.25, 0.3) is 0 Å². The van der Waals surface area contributed by atoms with Gasteiger partial charge in [-0.1, -0.05) is 39.3 Å². The van der Waals surface area contributed by atoms with E-state index in [9.17, 15) is 30.3 Å². The lowest BCUT2D eigenvalue weighted by Gasteiger charge is -2.60. The van der Waals surface area contributed by atoms with Gasteiger partial charge < -0.3 is 58.7 Å². The first kappa shape index (κ1) is 39.6. The van der Waals surface area contributed by atoms with Crippen LogP contribution in [0, 0.1) is 46.3 Å². The van der Waals surface area contributed by atoms with Crippen molar-refractivity contribution in [3.63, 3.8) is 0 Å². The Kier molecular flexibility index (Phi) is 10.4. The zero-order valence-electron chi connectivity index (χ0n) is 32.9. The van der Waals surface area contributed by atoms with Gasteiger partial charge in [0.05, 0.1) is 37.1 Å². The molecule has 13 heteroatoms. The van der Waals surface area contributed by atoms with Crippen molar-refractivity contribution in [1.82, 2.24) is 0 Å². The van der Waals surface area contributed by atoms with Gasteiger partial charge in [-0.15, -0.1) is 0 Å². The number of aliphatic hydroxyl groups excluding tert-OH is 5. The summed E-state index contributed by atoms with van der Waals surface area (Å²) in [5, 5.41) is 55.1. The summed E-state index contributed by atoms with van der Waals surface area (Å²) in [6, 6.07) is 0. The number of carbonyl (C=O) groups excluding carboxylic acids is 1. The summed E-state index contributed by atoms with van der Waals surface area (Å²) in [6.07, 6.45) is -4.45. The number of fused-ring (bicyclic) bond motifs is 7. The number of esters is 1. The molecule has 8 rings (SSSR count). The van der Waals surface area contributed by atoms with E-state index in [1.54, 1.807) is 13.8 Å². The fourth-order valence-corrected chi connectivity index (χ4v) is 12.9. The predicted molar refractivity (Wildman–Crippen MR) is 191 cm³/mol. The maximum Gasteiger partial charge on any atom is 0.303 e. The Morgan fingerprint density at radius 1 is 0.833 bits per heavy atom. The molecular formula is C41H64O13. The number of hydrogen-bond acceptors (Lipinski definition) is 13. The third-order valence-corrected chi connectivity index (χ3v) is 15.9. The first-order chi connectivity index (χ1) is 25.5. The highest BCUT2D eigenvalue weighted by atomic mass is 16.8. The molecule has 0 amide bonds. The lowest BCUT2D eigenvalue weighted by atomic mass is 9.46. The highest BCUT2D eigenvalue weighted by Crippen LogP contribution is 2.71. The van der Waals surface area contributed by atoms with Crippen molar-refractivity contribution in [1.29, 1.82) is 0 Å². The van der Waals surface area contributed by atoms with Crippen LogP contribution in [0.3, 0.4) is 0 Å². The van der Waals surface area contributed by atoms with Crippen LogP contribution in [-0.4, -0.2) is 124 Å². The quantitative estimate of drug-likeness (QED) is 0.204. The SMILES string of the molecule is CC(=O)OC1C(OC2C(OC3CC(O)CC4=CCC5C6CC7OC8(CCC(C)CO8)C(C)C7C6(C)CCC5C43C)OC(C)C(O)C2O)OC(C)C(O)C1O. The second kappa shape index (κ2) is 14.2. The minimum atomic E-state index is -1.53. The molecule has 0 aromatic rings. The molecule has 22 atom stereocenters. The molecule has 1 spiro atoms. The fourth-order valence-electron chi connectivity index (χ4n) is 12.9. The van der Waals surface area contributed by atoms with Crippen LogP contribution in [-0.2, 0) is 38.0 Å². The molecule has 306 valence electrons. The van der Waals surface area contributed by atoms with Gasteiger partial charge in [-0.05, 0) is 87.4 Å². The Balaban J connectivity index is 1.06. The molecule has 7 fully saturated rings. The fraction of sp³-hybridized carbons (Fsp3) is 0.927. The van der Waals surface area contributed by atoms with Crippen LogP contribution in [0.5, 0.6) is 0 Å². The molecule has 54 heavy (non-hydrogen) atoms. The Bertz CT molecular complexity index is 1430. The maximum atomic E-state index is 12.0. The predicted octanol–water partition coefficient (Wildman–Crippen LogP) is 2.96. The molecule has 0 aromatic heterocycles. The second-order valence-corrected chi connectivity index (χ2v) is 18.9. The van der Waals surface area contributed by atoms with Crippen LogP contribution < -0.4 is 0 Å². The summed E-state index contributed by atoms with van der Waals surface area (Å²) in [4.78, 5) is 12.0. The molecule has 0 aromatic carbocycles. The largest absolute Gasteiger partial charge is 0.454 e. The lowest BCUT2D eigenvalue weighted by Crippen LogP contribution is -2.65. The maximum absolute atomic E-state index is 12.0. The van der Waals surface area contributed by atoms with Crippen molar-refractivity contribution in [2.24, 2.45) is 46.3 Å². The molecule has 3 saturated carbocycles. The van der Waals surface area contributed by atoms with E-state index in [1.165, 1.54) is 12.5 Å².